The van der Waals surface area contributed by atoms with E-state index < -0.39 is 0 Å². The monoisotopic (exact) mass is 758 g/mol. The van der Waals surface area contributed by atoms with Crippen LogP contribution in [0, 0.1) is 0 Å². The van der Waals surface area contributed by atoms with E-state index in [9.17, 15) is 0 Å². The minimum Gasteiger partial charge on any atom is -0.333 e. The van der Waals surface area contributed by atoms with Gasteiger partial charge < -0.3 is 4.90 Å². The highest BCUT2D eigenvalue weighted by Crippen LogP contribution is 2.48. The van der Waals surface area contributed by atoms with E-state index in [1.807, 2.05) is 11.3 Å². The summed E-state index contributed by atoms with van der Waals surface area (Å²) in [6, 6.07) is 66.4. The van der Waals surface area contributed by atoms with Crippen molar-refractivity contribution in [1.29, 1.82) is 0 Å². The molecule has 5 heteroatoms. The Bertz CT molecular complexity index is 3570. The first kappa shape index (κ1) is 31.9. The molecule has 58 heavy (non-hydrogen) atoms. The Morgan fingerprint density at radius 1 is 0.448 bits per heavy atom. The third-order valence-corrected chi connectivity index (χ3v) is 13.6. The molecule has 0 bridgehead atoms. The summed E-state index contributed by atoms with van der Waals surface area (Å²) in [5.41, 5.74) is 9.72. The molecule has 0 saturated carbocycles. The molecule has 0 fully saturated rings. The number of aromatic nitrogens is 3. The maximum atomic E-state index is 5.48. The number of hydrogen-bond acceptors (Lipinski definition) is 3. The molecule has 0 N–H and O–H groups in total. The second kappa shape index (κ2) is 12.1. The van der Waals surface area contributed by atoms with Crippen LogP contribution in [0.4, 0.5) is 11.4 Å². The number of rotatable bonds is 4. The number of hydrogen-bond donors (Lipinski definition) is 0. The van der Waals surface area contributed by atoms with Crippen molar-refractivity contribution in [3.63, 3.8) is 0 Å². The lowest BCUT2D eigenvalue weighted by atomic mass is 9.90. The van der Waals surface area contributed by atoms with E-state index in [0.717, 1.165) is 28.2 Å². The summed E-state index contributed by atoms with van der Waals surface area (Å²) < 4.78 is 7.34. The molecule has 2 unspecified atom stereocenters. The van der Waals surface area contributed by atoms with Crippen LogP contribution in [-0.2, 0) is 0 Å². The molecule has 0 amide bonds. The highest BCUT2D eigenvalue weighted by Gasteiger charge is 2.39. The molecular weight excluding hydrogens is 725 g/mol. The number of nitrogens with zero attached hydrogens (tertiary/aromatic N) is 4. The van der Waals surface area contributed by atoms with E-state index in [-0.39, 0.29) is 12.0 Å². The second-order valence-corrected chi connectivity index (χ2v) is 16.6. The number of benzene rings is 7. The summed E-state index contributed by atoms with van der Waals surface area (Å²) in [7, 11) is 0. The predicted octanol–water partition coefficient (Wildman–Crippen LogP) is 12.0. The minimum absolute atomic E-state index is 0.0760. The summed E-state index contributed by atoms with van der Waals surface area (Å²) in [6.07, 6.45) is 5.03. The molecule has 0 radical (unpaired) electrons. The summed E-state index contributed by atoms with van der Waals surface area (Å²) in [5.74, 6) is 2.00. The van der Waals surface area contributed by atoms with Gasteiger partial charge in [-0.05, 0) is 89.5 Å². The molecule has 4 aromatic heterocycles. The SMILES string of the molecule is C1=c2c(n(-c3cccc(-n4c5ccccc5c5ccccc54)n3)c3ccccc23)=CC2C1c1ccccc1N2c1cccc(-c2ccc3sc4ccccc4c3c2)c1. The molecular formula is C53H34N4S. The first-order chi connectivity index (χ1) is 28.8. The van der Waals surface area contributed by atoms with Gasteiger partial charge in [0.2, 0.25) is 0 Å². The lowest BCUT2D eigenvalue weighted by Gasteiger charge is -2.29. The van der Waals surface area contributed by atoms with Crippen LogP contribution in [0.3, 0.4) is 0 Å². The molecule has 11 aromatic rings. The molecule has 7 aromatic carbocycles. The van der Waals surface area contributed by atoms with Crippen LogP contribution < -0.4 is 15.5 Å². The summed E-state index contributed by atoms with van der Waals surface area (Å²) in [4.78, 5) is 8.04. The van der Waals surface area contributed by atoms with Crippen LogP contribution in [-0.4, -0.2) is 20.2 Å². The number of thiophene rings is 1. The van der Waals surface area contributed by atoms with Crippen molar-refractivity contribution in [1.82, 2.24) is 14.1 Å². The smallest absolute Gasteiger partial charge is 0.140 e. The van der Waals surface area contributed by atoms with Crippen molar-refractivity contribution in [2.75, 3.05) is 4.90 Å². The van der Waals surface area contributed by atoms with Gasteiger partial charge in [0.25, 0.3) is 0 Å². The quantitative estimate of drug-likeness (QED) is 0.179. The highest BCUT2D eigenvalue weighted by atomic mass is 32.1. The van der Waals surface area contributed by atoms with Crippen molar-refractivity contribution < 1.29 is 0 Å². The molecule has 1 aliphatic carbocycles. The van der Waals surface area contributed by atoms with Gasteiger partial charge in [-0.15, -0.1) is 11.3 Å². The predicted molar refractivity (Wildman–Crippen MR) is 243 cm³/mol. The molecule has 1 aliphatic heterocycles. The van der Waals surface area contributed by atoms with E-state index in [2.05, 4.69) is 208 Å². The van der Waals surface area contributed by atoms with Crippen molar-refractivity contribution in [3.05, 3.63) is 198 Å². The zero-order valence-corrected chi connectivity index (χ0v) is 32.1. The van der Waals surface area contributed by atoms with Gasteiger partial charge in [0.05, 0.1) is 27.9 Å². The van der Waals surface area contributed by atoms with Gasteiger partial charge in [-0.2, -0.15) is 0 Å². The molecule has 0 spiro atoms. The van der Waals surface area contributed by atoms with E-state index >= 15 is 0 Å². The van der Waals surface area contributed by atoms with Crippen molar-refractivity contribution in [3.8, 4) is 22.8 Å². The van der Waals surface area contributed by atoms with Crippen LogP contribution in [0.15, 0.2) is 182 Å². The number of pyridine rings is 1. The fourth-order valence-corrected chi connectivity index (χ4v) is 11.0. The first-order valence-corrected chi connectivity index (χ1v) is 20.8. The minimum atomic E-state index is 0.0760. The zero-order valence-electron chi connectivity index (χ0n) is 31.3. The zero-order chi connectivity index (χ0) is 37.9. The largest absolute Gasteiger partial charge is 0.333 e. The van der Waals surface area contributed by atoms with E-state index in [1.54, 1.807) is 0 Å². The summed E-state index contributed by atoms with van der Waals surface area (Å²) >= 11 is 1.87. The Hall–Kier alpha value is -7.21. The van der Waals surface area contributed by atoms with Gasteiger partial charge in [-0.1, -0.05) is 121 Å². The Balaban J connectivity index is 0.990. The topological polar surface area (TPSA) is 26.0 Å². The highest BCUT2D eigenvalue weighted by molar-refractivity contribution is 7.25. The van der Waals surface area contributed by atoms with Crippen LogP contribution in [0.25, 0.3) is 87.8 Å². The van der Waals surface area contributed by atoms with E-state index in [1.165, 1.54) is 75.0 Å². The van der Waals surface area contributed by atoms with Crippen molar-refractivity contribution in [2.24, 2.45) is 0 Å². The maximum absolute atomic E-state index is 5.48. The summed E-state index contributed by atoms with van der Waals surface area (Å²) in [5, 5.41) is 8.79. The van der Waals surface area contributed by atoms with Gasteiger partial charge >= 0.3 is 0 Å². The average molecular weight is 759 g/mol. The maximum Gasteiger partial charge on any atom is 0.140 e. The number of para-hydroxylation sites is 4. The standard InChI is InChI=1S/C53H34N4S/c1-7-21-45-36(15-1)37-16-2-8-22-46(37)56(45)52-25-12-26-53(54-52)57-47-23-9-4-18-39(47)42-31-41-38-17-3-6-20-44(38)55(48(41)32-49(42)57)35-14-11-13-33(29-35)34-27-28-51-43(30-34)40-19-5-10-24-50(40)58-51/h1-32,41,48H. The van der Waals surface area contributed by atoms with Crippen molar-refractivity contribution in [2.45, 2.75) is 12.0 Å². The Morgan fingerprint density at radius 3 is 1.88 bits per heavy atom. The fourth-order valence-electron chi connectivity index (χ4n) is 9.96. The molecule has 13 rings (SSSR count). The van der Waals surface area contributed by atoms with Crippen LogP contribution >= 0.6 is 11.3 Å². The summed E-state index contributed by atoms with van der Waals surface area (Å²) in [6.45, 7) is 0. The number of anilines is 2. The Labute approximate surface area is 338 Å². The van der Waals surface area contributed by atoms with E-state index in [0.29, 0.717) is 0 Å². The number of fused-ring (bicyclic) bond motifs is 12. The normalized spacial score (nSPS) is 15.8. The lowest BCUT2D eigenvalue weighted by Crippen LogP contribution is -2.40. The molecule has 4 nitrogen and oxygen atoms in total. The first-order valence-electron chi connectivity index (χ1n) is 20.0. The van der Waals surface area contributed by atoms with Crippen molar-refractivity contribution >= 4 is 87.7 Å². The van der Waals surface area contributed by atoms with Crippen LogP contribution in [0.1, 0.15) is 11.5 Å². The van der Waals surface area contributed by atoms with Crippen LogP contribution in [0.5, 0.6) is 0 Å². The molecule has 2 aliphatic rings. The Kier molecular flexibility index (Phi) is 6.69. The molecule has 272 valence electrons. The van der Waals surface area contributed by atoms with E-state index in [4.69, 9.17) is 4.98 Å². The Morgan fingerprint density at radius 2 is 1.07 bits per heavy atom. The molecule has 5 heterocycles. The van der Waals surface area contributed by atoms with Gasteiger partial charge in [0.1, 0.15) is 11.6 Å². The van der Waals surface area contributed by atoms with Crippen LogP contribution in [0.2, 0.25) is 0 Å². The molecule has 0 saturated heterocycles. The third kappa shape index (κ3) is 4.53. The van der Waals surface area contributed by atoms with Gasteiger partial charge in [-0.25, -0.2) is 4.98 Å². The lowest BCUT2D eigenvalue weighted by molar-refractivity contribution is 0.794. The van der Waals surface area contributed by atoms with Gasteiger partial charge in [-0.3, -0.25) is 9.13 Å². The van der Waals surface area contributed by atoms with Gasteiger partial charge in [0.15, 0.2) is 0 Å². The molecule has 2 atom stereocenters. The van der Waals surface area contributed by atoms with Gasteiger partial charge in [0, 0.05) is 58.8 Å². The third-order valence-electron chi connectivity index (χ3n) is 12.4. The fraction of sp³-hybridized carbons (Fsp3) is 0.0377. The second-order valence-electron chi connectivity index (χ2n) is 15.5. The average Bonchev–Trinajstić information content (AvgIpc) is 4.02.